The van der Waals surface area contributed by atoms with Gasteiger partial charge < -0.3 is 10.6 Å². The third-order valence-corrected chi connectivity index (χ3v) is 4.88. The summed E-state index contributed by atoms with van der Waals surface area (Å²) >= 11 is 0. The zero-order chi connectivity index (χ0) is 13.0. The average Bonchev–Trinajstić information content (AvgIpc) is 2.41. The lowest BCUT2D eigenvalue weighted by molar-refractivity contribution is -0.127. The van der Waals surface area contributed by atoms with Crippen LogP contribution >= 0.6 is 0 Å². The van der Waals surface area contributed by atoms with Crippen molar-refractivity contribution in [3.8, 4) is 0 Å². The van der Waals surface area contributed by atoms with Crippen molar-refractivity contribution in [3.63, 3.8) is 0 Å². The van der Waals surface area contributed by atoms with Crippen molar-refractivity contribution in [3.05, 3.63) is 0 Å². The first-order valence-electron chi connectivity index (χ1n) is 7.74. The summed E-state index contributed by atoms with van der Waals surface area (Å²) in [6.45, 7) is 5.54. The lowest BCUT2D eigenvalue weighted by Crippen LogP contribution is -2.53. The van der Waals surface area contributed by atoms with Crippen molar-refractivity contribution in [1.29, 1.82) is 0 Å². The smallest absolute Gasteiger partial charge is 0.223 e. The van der Waals surface area contributed by atoms with Gasteiger partial charge in [-0.05, 0) is 57.9 Å². The molecule has 1 aliphatic carbocycles. The fourth-order valence-corrected chi connectivity index (χ4v) is 3.37. The van der Waals surface area contributed by atoms with Gasteiger partial charge in [0.1, 0.15) is 0 Å². The van der Waals surface area contributed by atoms with Crippen molar-refractivity contribution in [1.82, 2.24) is 10.6 Å². The summed E-state index contributed by atoms with van der Waals surface area (Å²) in [4.78, 5) is 12.3. The van der Waals surface area contributed by atoms with E-state index in [1.54, 1.807) is 0 Å². The van der Waals surface area contributed by atoms with Crippen LogP contribution in [0.3, 0.4) is 0 Å². The Hall–Kier alpha value is -0.570. The second-order valence-electron chi connectivity index (χ2n) is 6.13. The van der Waals surface area contributed by atoms with Crippen LogP contribution in [0.1, 0.15) is 58.8 Å². The first kappa shape index (κ1) is 13.9. The molecule has 2 unspecified atom stereocenters. The van der Waals surface area contributed by atoms with Gasteiger partial charge in [0, 0.05) is 18.0 Å². The van der Waals surface area contributed by atoms with Crippen LogP contribution < -0.4 is 10.6 Å². The molecule has 2 fully saturated rings. The molecule has 1 saturated carbocycles. The molecule has 2 atom stereocenters. The van der Waals surface area contributed by atoms with Crippen molar-refractivity contribution in [2.75, 3.05) is 6.54 Å². The molecule has 3 nitrogen and oxygen atoms in total. The molecule has 18 heavy (non-hydrogen) atoms. The number of carbonyl (C=O) groups excluding carboxylic acids is 1. The molecule has 2 rings (SSSR count). The molecule has 1 amide bonds. The van der Waals surface area contributed by atoms with Crippen molar-refractivity contribution in [2.24, 2.45) is 11.8 Å². The normalized spacial score (nSPS) is 37.2. The minimum atomic E-state index is 0.280. The van der Waals surface area contributed by atoms with Crippen molar-refractivity contribution >= 4 is 5.91 Å². The standard InChI is InChI=1S/C15H28N2O/c1-3-12-6-8-13(9-7-12)15(18)17-14-5-4-10-16-11(14)2/h11-14,16H,3-10H2,1-2H3,(H,17,18). The molecule has 1 saturated heterocycles. The molecule has 0 aromatic carbocycles. The summed E-state index contributed by atoms with van der Waals surface area (Å²) in [7, 11) is 0. The molecule has 104 valence electrons. The van der Waals surface area contributed by atoms with Gasteiger partial charge in [-0.3, -0.25) is 4.79 Å². The zero-order valence-electron chi connectivity index (χ0n) is 11.9. The second-order valence-corrected chi connectivity index (χ2v) is 6.13. The Morgan fingerprint density at radius 1 is 1.22 bits per heavy atom. The van der Waals surface area contributed by atoms with Crippen LogP contribution in [-0.4, -0.2) is 24.5 Å². The third kappa shape index (κ3) is 3.47. The molecule has 1 heterocycles. The molecule has 0 aromatic rings. The Morgan fingerprint density at radius 3 is 2.56 bits per heavy atom. The first-order valence-corrected chi connectivity index (χ1v) is 7.74. The highest BCUT2D eigenvalue weighted by Crippen LogP contribution is 2.30. The van der Waals surface area contributed by atoms with E-state index < -0.39 is 0 Å². The number of rotatable bonds is 3. The van der Waals surface area contributed by atoms with Crippen LogP contribution in [0.15, 0.2) is 0 Å². The number of piperidine rings is 1. The summed E-state index contributed by atoms with van der Waals surface area (Å²) in [5.74, 6) is 1.45. The summed E-state index contributed by atoms with van der Waals surface area (Å²) in [6, 6.07) is 0.768. The van der Waals surface area contributed by atoms with E-state index in [-0.39, 0.29) is 5.92 Å². The van der Waals surface area contributed by atoms with Crippen molar-refractivity contribution in [2.45, 2.75) is 70.9 Å². The van der Waals surface area contributed by atoms with Crippen molar-refractivity contribution < 1.29 is 4.79 Å². The molecule has 1 aliphatic heterocycles. The Labute approximate surface area is 111 Å². The van der Waals surface area contributed by atoms with Gasteiger partial charge in [-0.25, -0.2) is 0 Å². The van der Waals surface area contributed by atoms with Gasteiger partial charge >= 0.3 is 0 Å². The highest BCUT2D eigenvalue weighted by atomic mass is 16.1. The molecular weight excluding hydrogens is 224 g/mol. The minimum absolute atomic E-state index is 0.280. The van der Waals surface area contributed by atoms with Crippen LogP contribution in [0, 0.1) is 11.8 Å². The highest BCUT2D eigenvalue weighted by Gasteiger charge is 2.29. The summed E-state index contributed by atoms with van der Waals surface area (Å²) in [5.41, 5.74) is 0. The van der Waals surface area contributed by atoms with Crippen LogP contribution in [0.5, 0.6) is 0 Å². The van der Waals surface area contributed by atoms with E-state index in [1.807, 2.05) is 0 Å². The number of hydrogen-bond acceptors (Lipinski definition) is 2. The van der Waals surface area contributed by atoms with E-state index in [0.29, 0.717) is 18.0 Å². The van der Waals surface area contributed by atoms with Gasteiger partial charge in [-0.15, -0.1) is 0 Å². The Morgan fingerprint density at radius 2 is 1.94 bits per heavy atom. The lowest BCUT2D eigenvalue weighted by Gasteiger charge is -2.33. The third-order valence-electron chi connectivity index (χ3n) is 4.88. The van der Waals surface area contributed by atoms with E-state index in [0.717, 1.165) is 31.7 Å². The fourth-order valence-electron chi connectivity index (χ4n) is 3.37. The Balaban J connectivity index is 1.77. The molecule has 3 heteroatoms. The van der Waals surface area contributed by atoms with Crippen LogP contribution in [-0.2, 0) is 4.79 Å². The van der Waals surface area contributed by atoms with Gasteiger partial charge in [-0.2, -0.15) is 0 Å². The van der Waals surface area contributed by atoms with Gasteiger partial charge in [0.05, 0.1) is 0 Å². The molecule has 0 bridgehead atoms. The first-order chi connectivity index (χ1) is 8.70. The fraction of sp³-hybridized carbons (Fsp3) is 0.933. The average molecular weight is 252 g/mol. The largest absolute Gasteiger partial charge is 0.352 e. The predicted octanol–water partition coefficient (Wildman–Crippen LogP) is 2.46. The van der Waals surface area contributed by atoms with Gasteiger partial charge in [0.25, 0.3) is 0 Å². The maximum absolute atomic E-state index is 12.3. The van der Waals surface area contributed by atoms with Gasteiger partial charge in [-0.1, -0.05) is 13.3 Å². The molecule has 2 aliphatic rings. The number of nitrogens with one attached hydrogen (secondary N) is 2. The predicted molar refractivity (Wildman–Crippen MR) is 74.4 cm³/mol. The maximum Gasteiger partial charge on any atom is 0.223 e. The number of carbonyl (C=O) groups is 1. The molecule has 0 aromatic heterocycles. The lowest BCUT2D eigenvalue weighted by atomic mass is 9.80. The quantitative estimate of drug-likeness (QED) is 0.810. The molecular formula is C15H28N2O. The maximum atomic E-state index is 12.3. The van der Waals surface area contributed by atoms with Crippen LogP contribution in [0.25, 0.3) is 0 Å². The summed E-state index contributed by atoms with van der Waals surface area (Å²) in [5, 5.41) is 6.71. The van der Waals surface area contributed by atoms with E-state index in [9.17, 15) is 4.79 Å². The second kappa shape index (κ2) is 6.55. The highest BCUT2D eigenvalue weighted by molar-refractivity contribution is 5.79. The SMILES string of the molecule is CCC1CCC(C(=O)NC2CCCNC2C)CC1. The molecule has 0 radical (unpaired) electrons. The van der Waals surface area contributed by atoms with E-state index >= 15 is 0 Å². The van der Waals surface area contributed by atoms with E-state index in [1.165, 1.54) is 25.7 Å². The van der Waals surface area contributed by atoms with Gasteiger partial charge in [0.15, 0.2) is 0 Å². The molecule has 0 spiro atoms. The number of hydrogen-bond donors (Lipinski definition) is 2. The Kier molecular flexibility index (Phi) is 5.04. The molecule has 2 N–H and O–H groups in total. The monoisotopic (exact) mass is 252 g/mol. The van der Waals surface area contributed by atoms with Gasteiger partial charge in [0.2, 0.25) is 5.91 Å². The zero-order valence-corrected chi connectivity index (χ0v) is 11.9. The minimum Gasteiger partial charge on any atom is -0.352 e. The number of amides is 1. The van der Waals surface area contributed by atoms with Crippen LogP contribution in [0.4, 0.5) is 0 Å². The summed E-state index contributed by atoms with van der Waals surface area (Å²) in [6.07, 6.45) is 8.26. The van der Waals surface area contributed by atoms with E-state index in [4.69, 9.17) is 0 Å². The summed E-state index contributed by atoms with van der Waals surface area (Å²) < 4.78 is 0. The van der Waals surface area contributed by atoms with E-state index in [2.05, 4.69) is 24.5 Å². The topological polar surface area (TPSA) is 41.1 Å². The Bertz CT molecular complexity index is 272. The van der Waals surface area contributed by atoms with Crippen LogP contribution in [0.2, 0.25) is 0 Å².